The summed E-state index contributed by atoms with van der Waals surface area (Å²) < 4.78 is 7.24. The molecule has 0 unspecified atom stereocenters. The second-order valence-electron chi connectivity index (χ2n) is 6.91. The Balaban J connectivity index is 1.33. The Morgan fingerprint density at radius 1 is 1.27 bits per heavy atom. The minimum atomic E-state index is -0.266. The quantitative estimate of drug-likeness (QED) is 0.833. The smallest absolute Gasteiger partial charge is 0.409 e. The Morgan fingerprint density at radius 2 is 2.08 bits per heavy atom. The number of hydrogen-bond acceptors (Lipinski definition) is 4. The Labute approximate surface area is 154 Å². The van der Waals surface area contributed by atoms with Gasteiger partial charge in [-0.25, -0.2) is 14.6 Å². The van der Waals surface area contributed by atoms with Crippen molar-refractivity contribution in [2.75, 3.05) is 26.2 Å². The fourth-order valence-electron chi connectivity index (χ4n) is 3.55. The highest BCUT2D eigenvalue weighted by Gasteiger charge is 2.24. The van der Waals surface area contributed by atoms with E-state index in [-0.39, 0.29) is 18.2 Å². The summed E-state index contributed by atoms with van der Waals surface area (Å²) in [5.74, 6) is 1.17. The lowest BCUT2D eigenvalue weighted by atomic mass is 10.1. The summed E-state index contributed by atoms with van der Waals surface area (Å²) in [5, 5.41) is 5.90. The number of carbonyl (C=O) groups is 2. The third kappa shape index (κ3) is 4.89. The van der Waals surface area contributed by atoms with E-state index in [4.69, 9.17) is 4.74 Å². The van der Waals surface area contributed by atoms with Gasteiger partial charge < -0.3 is 24.8 Å². The number of imidazole rings is 1. The molecule has 2 N–H and O–H groups in total. The molecule has 0 aromatic carbocycles. The van der Waals surface area contributed by atoms with Crippen LogP contribution in [0.5, 0.6) is 0 Å². The van der Waals surface area contributed by atoms with Crippen molar-refractivity contribution in [1.29, 1.82) is 0 Å². The molecule has 0 bridgehead atoms. The number of nitrogens with zero attached hydrogens (tertiary/aromatic N) is 3. The monoisotopic (exact) mass is 363 g/mol. The summed E-state index contributed by atoms with van der Waals surface area (Å²) in [5.41, 5.74) is 1.05. The number of amides is 3. The fraction of sp³-hybridized carbons (Fsp3) is 0.722. The minimum absolute atomic E-state index is 0.0978. The SMILES string of the molecule is CCOC(=O)N1CCC(NC(=O)NCCc2cn3c(n2)CCCC3)CC1. The van der Waals surface area contributed by atoms with Gasteiger partial charge in [-0.3, -0.25) is 0 Å². The van der Waals surface area contributed by atoms with Gasteiger partial charge >= 0.3 is 12.1 Å². The van der Waals surface area contributed by atoms with Gasteiger partial charge in [-0.15, -0.1) is 0 Å². The van der Waals surface area contributed by atoms with Crippen LogP contribution in [0.3, 0.4) is 0 Å². The second kappa shape index (κ2) is 8.91. The van der Waals surface area contributed by atoms with Crippen LogP contribution in [0, 0.1) is 0 Å². The molecule has 1 fully saturated rings. The van der Waals surface area contributed by atoms with Crippen LogP contribution in [0.2, 0.25) is 0 Å². The van der Waals surface area contributed by atoms with Crippen LogP contribution in [0.1, 0.15) is 44.1 Å². The van der Waals surface area contributed by atoms with Gasteiger partial charge in [0.25, 0.3) is 0 Å². The number of aryl methyl sites for hydroxylation is 2. The maximum Gasteiger partial charge on any atom is 0.409 e. The zero-order valence-electron chi connectivity index (χ0n) is 15.5. The number of aromatic nitrogens is 2. The van der Waals surface area contributed by atoms with E-state index in [1.165, 1.54) is 18.7 Å². The average molecular weight is 363 g/mol. The van der Waals surface area contributed by atoms with Gasteiger partial charge in [0, 0.05) is 51.3 Å². The zero-order valence-corrected chi connectivity index (χ0v) is 15.5. The Kier molecular flexibility index (Phi) is 6.35. The predicted octanol–water partition coefficient (Wildman–Crippen LogP) is 1.68. The molecule has 2 aliphatic rings. The molecule has 0 radical (unpaired) electrons. The van der Waals surface area contributed by atoms with Crippen LogP contribution in [0.25, 0.3) is 0 Å². The summed E-state index contributed by atoms with van der Waals surface area (Å²) in [7, 11) is 0. The van der Waals surface area contributed by atoms with E-state index in [9.17, 15) is 9.59 Å². The lowest BCUT2D eigenvalue weighted by molar-refractivity contribution is 0.0957. The Morgan fingerprint density at radius 3 is 2.81 bits per heavy atom. The molecule has 2 aliphatic heterocycles. The lowest BCUT2D eigenvalue weighted by Gasteiger charge is -2.31. The van der Waals surface area contributed by atoms with Crippen LogP contribution >= 0.6 is 0 Å². The van der Waals surface area contributed by atoms with Crippen molar-refractivity contribution in [3.63, 3.8) is 0 Å². The van der Waals surface area contributed by atoms with Gasteiger partial charge in [0.2, 0.25) is 0 Å². The van der Waals surface area contributed by atoms with E-state index in [2.05, 4.69) is 26.4 Å². The van der Waals surface area contributed by atoms with Gasteiger partial charge in [-0.05, 0) is 32.6 Å². The molecular formula is C18H29N5O3. The number of urea groups is 1. The van der Waals surface area contributed by atoms with E-state index >= 15 is 0 Å². The first kappa shape index (κ1) is 18.5. The van der Waals surface area contributed by atoms with Crippen LogP contribution in [0.4, 0.5) is 9.59 Å². The Hall–Kier alpha value is -2.25. The molecule has 144 valence electrons. The highest BCUT2D eigenvalue weighted by atomic mass is 16.6. The van der Waals surface area contributed by atoms with Crippen LogP contribution in [-0.4, -0.2) is 58.9 Å². The summed E-state index contributed by atoms with van der Waals surface area (Å²) in [6.45, 7) is 5.05. The van der Waals surface area contributed by atoms with Gasteiger partial charge in [0.1, 0.15) is 5.82 Å². The second-order valence-corrected chi connectivity index (χ2v) is 6.91. The van der Waals surface area contributed by atoms with Crippen molar-refractivity contribution in [2.24, 2.45) is 0 Å². The van der Waals surface area contributed by atoms with Gasteiger partial charge in [-0.1, -0.05) is 0 Å². The summed E-state index contributed by atoms with van der Waals surface area (Å²) >= 11 is 0. The molecule has 3 amide bonds. The zero-order chi connectivity index (χ0) is 18.4. The normalized spacial score (nSPS) is 17.5. The van der Waals surface area contributed by atoms with Gasteiger partial charge in [-0.2, -0.15) is 0 Å². The highest BCUT2D eigenvalue weighted by molar-refractivity contribution is 5.74. The van der Waals surface area contributed by atoms with Crippen LogP contribution in [-0.2, 0) is 24.1 Å². The fourth-order valence-corrected chi connectivity index (χ4v) is 3.55. The van der Waals surface area contributed by atoms with Crippen LogP contribution in [0.15, 0.2) is 6.20 Å². The molecule has 0 spiro atoms. The number of carbonyl (C=O) groups excluding carboxylic acids is 2. The predicted molar refractivity (Wildman–Crippen MR) is 97.0 cm³/mol. The van der Waals surface area contributed by atoms with E-state index < -0.39 is 0 Å². The maximum atomic E-state index is 12.1. The first-order valence-electron chi connectivity index (χ1n) is 9.66. The molecule has 0 saturated carbocycles. The molecule has 0 atom stereocenters. The highest BCUT2D eigenvalue weighted by Crippen LogP contribution is 2.14. The molecule has 0 aliphatic carbocycles. The molecule has 26 heavy (non-hydrogen) atoms. The molecular weight excluding hydrogens is 334 g/mol. The molecule has 8 nitrogen and oxygen atoms in total. The number of ether oxygens (including phenoxy) is 1. The number of likely N-dealkylation sites (tertiary alicyclic amines) is 1. The van der Waals surface area contributed by atoms with Gasteiger partial charge in [0.15, 0.2) is 0 Å². The van der Waals surface area contributed by atoms with Crippen molar-refractivity contribution < 1.29 is 14.3 Å². The summed E-state index contributed by atoms with van der Waals surface area (Å²) in [6, 6.07) is -0.0517. The Bertz CT molecular complexity index is 599. The molecule has 1 saturated heterocycles. The van der Waals surface area contributed by atoms with Crippen molar-refractivity contribution in [2.45, 2.75) is 58.0 Å². The molecule has 3 rings (SSSR count). The van der Waals surface area contributed by atoms with E-state index in [0.717, 1.165) is 37.9 Å². The first-order valence-corrected chi connectivity index (χ1v) is 9.66. The van der Waals surface area contributed by atoms with E-state index in [0.29, 0.717) is 26.2 Å². The lowest BCUT2D eigenvalue weighted by Crippen LogP contribution is -2.49. The summed E-state index contributed by atoms with van der Waals surface area (Å²) in [4.78, 5) is 30.1. The minimum Gasteiger partial charge on any atom is -0.450 e. The molecule has 1 aromatic heterocycles. The summed E-state index contributed by atoms with van der Waals surface area (Å²) in [6.07, 6.45) is 7.58. The van der Waals surface area contributed by atoms with Crippen molar-refractivity contribution in [1.82, 2.24) is 25.1 Å². The number of piperidine rings is 1. The number of hydrogen-bond donors (Lipinski definition) is 2. The standard InChI is InChI=1S/C18H29N5O3/c1-2-26-18(25)22-11-7-14(8-12-22)21-17(24)19-9-6-15-13-23-10-4-3-5-16(23)20-15/h13-14H,2-12H2,1H3,(H2,19,21,24). The van der Waals surface area contributed by atoms with E-state index in [1.807, 2.05) is 0 Å². The molecule has 1 aromatic rings. The third-order valence-electron chi connectivity index (χ3n) is 4.98. The van der Waals surface area contributed by atoms with Gasteiger partial charge in [0.05, 0.1) is 12.3 Å². The van der Waals surface area contributed by atoms with Crippen LogP contribution < -0.4 is 10.6 Å². The largest absolute Gasteiger partial charge is 0.450 e. The number of nitrogens with one attached hydrogen (secondary N) is 2. The van der Waals surface area contributed by atoms with Crippen molar-refractivity contribution in [3.05, 3.63) is 17.7 Å². The topological polar surface area (TPSA) is 88.5 Å². The maximum absolute atomic E-state index is 12.1. The van der Waals surface area contributed by atoms with Crippen molar-refractivity contribution in [3.8, 4) is 0 Å². The average Bonchev–Trinajstić information content (AvgIpc) is 3.05. The number of fused-ring (bicyclic) bond motifs is 1. The van der Waals surface area contributed by atoms with E-state index in [1.54, 1.807) is 11.8 Å². The molecule has 3 heterocycles. The first-order chi connectivity index (χ1) is 12.7. The molecule has 8 heteroatoms. The van der Waals surface area contributed by atoms with Crippen molar-refractivity contribution >= 4 is 12.1 Å². The number of rotatable bonds is 5. The third-order valence-corrected chi connectivity index (χ3v) is 4.98.